The van der Waals surface area contributed by atoms with Gasteiger partial charge in [-0.05, 0) is 49.4 Å². The molecule has 0 saturated carbocycles. The second-order valence-electron chi connectivity index (χ2n) is 6.23. The lowest BCUT2D eigenvalue weighted by Crippen LogP contribution is -2.25. The number of hydrogen-bond donors (Lipinski definition) is 3. The zero-order valence-electron chi connectivity index (χ0n) is 16.1. The number of amides is 1. The third-order valence-corrected chi connectivity index (χ3v) is 6.78. The number of nitrogens with one attached hydrogen (secondary N) is 3. The van der Waals surface area contributed by atoms with Crippen molar-refractivity contribution in [2.24, 2.45) is 0 Å². The minimum atomic E-state index is -3.67. The SMILES string of the molecule is C=CCNS(=O)(=O)Cc1ccc(NC(=O)c2cc(S(=O)(=O)NC)ccc2C)cc1. The molecule has 8 nitrogen and oxygen atoms in total. The van der Waals surface area contributed by atoms with E-state index in [4.69, 9.17) is 0 Å². The van der Waals surface area contributed by atoms with Gasteiger partial charge in [-0.2, -0.15) is 0 Å². The van der Waals surface area contributed by atoms with E-state index in [1.54, 1.807) is 37.3 Å². The number of sulfonamides is 2. The highest BCUT2D eigenvalue weighted by Gasteiger charge is 2.17. The molecule has 156 valence electrons. The van der Waals surface area contributed by atoms with Crippen LogP contribution >= 0.6 is 0 Å². The van der Waals surface area contributed by atoms with Crippen molar-refractivity contribution in [3.63, 3.8) is 0 Å². The molecule has 0 aliphatic rings. The third kappa shape index (κ3) is 6.23. The summed E-state index contributed by atoms with van der Waals surface area (Å²) in [5.74, 6) is -0.665. The number of carbonyl (C=O) groups excluding carboxylic acids is 1. The number of carbonyl (C=O) groups is 1. The standard InChI is InChI=1S/C19H23N3O5S2/c1-4-11-21-28(24,25)13-15-6-8-16(9-7-15)22-19(23)18-12-17(10-5-14(18)2)29(26,27)20-3/h4-10,12,20-21H,1,11,13H2,2-3H3,(H,22,23). The molecule has 0 radical (unpaired) electrons. The van der Waals surface area contributed by atoms with Gasteiger partial charge < -0.3 is 5.32 Å². The molecule has 0 aliphatic heterocycles. The fourth-order valence-corrected chi connectivity index (χ4v) is 4.33. The molecule has 3 N–H and O–H groups in total. The Kier molecular flexibility index (Phi) is 7.31. The van der Waals surface area contributed by atoms with Gasteiger partial charge in [0.15, 0.2) is 0 Å². The normalized spacial score (nSPS) is 11.8. The van der Waals surface area contributed by atoms with Gasteiger partial charge in [0.25, 0.3) is 5.91 Å². The molecule has 10 heteroatoms. The van der Waals surface area contributed by atoms with Gasteiger partial charge in [-0.1, -0.05) is 24.3 Å². The zero-order valence-corrected chi connectivity index (χ0v) is 17.7. The van der Waals surface area contributed by atoms with E-state index >= 15 is 0 Å². The summed E-state index contributed by atoms with van der Waals surface area (Å²) in [5, 5.41) is 2.69. The van der Waals surface area contributed by atoms with E-state index in [-0.39, 0.29) is 22.8 Å². The number of aryl methyl sites for hydroxylation is 1. The van der Waals surface area contributed by atoms with Crippen molar-refractivity contribution in [3.8, 4) is 0 Å². The molecule has 0 heterocycles. The average molecular weight is 438 g/mol. The Morgan fingerprint density at radius 2 is 1.72 bits per heavy atom. The van der Waals surface area contributed by atoms with Gasteiger partial charge in [-0.25, -0.2) is 26.3 Å². The summed E-state index contributed by atoms with van der Waals surface area (Å²) in [6, 6.07) is 10.6. The van der Waals surface area contributed by atoms with Crippen LogP contribution in [0.1, 0.15) is 21.5 Å². The van der Waals surface area contributed by atoms with Crippen LogP contribution in [0.5, 0.6) is 0 Å². The van der Waals surface area contributed by atoms with Gasteiger partial charge in [0.1, 0.15) is 0 Å². The number of anilines is 1. The Labute approximate surface area is 171 Å². The summed E-state index contributed by atoms with van der Waals surface area (Å²) in [5.41, 5.74) is 1.85. The van der Waals surface area contributed by atoms with E-state index in [9.17, 15) is 21.6 Å². The average Bonchev–Trinajstić information content (AvgIpc) is 2.68. The quantitative estimate of drug-likeness (QED) is 0.516. The smallest absolute Gasteiger partial charge is 0.255 e. The topological polar surface area (TPSA) is 121 Å². The van der Waals surface area contributed by atoms with Crippen LogP contribution in [0, 0.1) is 6.92 Å². The Hall–Kier alpha value is -2.53. The molecule has 0 unspecified atom stereocenters. The van der Waals surface area contributed by atoms with Crippen molar-refractivity contribution in [1.82, 2.24) is 9.44 Å². The summed E-state index contributed by atoms with van der Waals surface area (Å²) in [4.78, 5) is 12.6. The van der Waals surface area contributed by atoms with Crippen LogP contribution in [-0.4, -0.2) is 36.3 Å². The van der Waals surface area contributed by atoms with Gasteiger partial charge in [-0.3, -0.25) is 4.79 Å². The lowest BCUT2D eigenvalue weighted by Gasteiger charge is -2.11. The molecule has 29 heavy (non-hydrogen) atoms. The number of rotatable bonds is 9. The highest BCUT2D eigenvalue weighted by Crippen LogP contribution is 2.18. The maximum absolute atomic E-state index is 12.6. The van der Waals surface area contributed by atoms with Crippen molar-refractivity contribution >= 4 is 31.6 Å². The maximum Gasteiger partial charge on any atom is 0.255 e. The zero-order chi connectivity index (χ0) is 21.7. The van der Waals surface area contributed by atoms with Crippen molar-refractivity contribution < 1.29 is 21.6 Å². The Bertz CT molecular complexity index is 1110. The van der Waals surface area contributed by atoms with Crippen molar-refractivity contribution in [3.05, 3.63) is 71.8 Å². The largest absolute Gasteiger partial charge is 0.322 e. The summed E-state index contributed by atoms with van der Waals surface area (Å²) < 4.78 is 52.3. The molecule has 0 aliphatic carbocycles. The molecule has 2 aromatic rings. The molecule has 0 spiro atoms. The number of hydrogen-bond acceptors (Lipinski definition) is 5. The first kappa shape index (κ1) is 22.8. The maximum atomic E-state index is 12.6. The Morgan fingerprint density at radius 3 is 2.31 bits per heavy atom. The highest BCUT2D eigenvalue weighted by atomic mass is 32.2. The molecular formula is C19H23N3O5S2. The molecule has 2 aromatic carbocycles. The van der Waals surface area contributed by atoms with Gasteiger partial charge >= 0.3 is 0 Å². The summed E-state index contributed by atoms with van der Waals surface area (Å²) in [7, 11) is -5.85. The van der Waals surface area contributed by atoms with E-state index in [1.807, 2.05) is 0 Å². The van der Waals surface area contributed by atoms with E-state index in [2.05, 4.69) is 21.3 Å². The second-order valence-corrected chi connectivity index (χ2v) is 9.92. The van der Waals surface area contributed by atoms with E-state index in [1.165, 1.54) is 25.3 Å². The van der Waals surface area contributed by atoms with Crippen LogP contribution in [0.2, 0.25) is 0 Å². The van der Waals surface area contributed by atoms with Gasteiger partial charge in [0, 0.05) is 17.8 Å². The minimum absolute atomic E-state index is 0.0108. The molecule has 0 aromatic heterocycles. The monoisotopic (exact) mass is 437 g/mol. The molecule has 0 atom stereocenters. The summed E-state index contributed by atoms with van der Waals surface area (Å²) >= 11 is 0. The Balaban J connectivity index is 2.16. The predicted molar refractivity (Wildman–Crippen MR) is 113 cm³/mol. The molecule has 0 fully saturated rings. The lowest BCUT2D eigenvalue weighted by atomic mass is 10.1. The highest BCUT2D eigenvalue weighted by molar-refractivity contribution is 7.89. The first-order valence-corrected chi connectivity index (χ1v) is 11.7. The molecule has 2 rings (SSSR count). The van der Waals surface area contributed by atoms with Crippen LogP contribution in [-0.2, 0) is 25.8 Å². The molecule has 0 saturated heterocycles. The van der Waals surface area contributed by atoms with Crippen LogP contribution in [0.15, 0.2) is 60.0 Å². The summed E-state index contributed by atoms with van der Waals surface area (Å²) in [6.45, 7) is 5.31. The number of benzene rings is 2. The van der Waals surface area contributed by atoms with E-state index in [0.29, 0.717) is 16.8 Å². The van der Waals surface area contributed by atoms with Gasteiger partial charge in [0.05, 0.1) is 10.6 Å². The minimum Gasteiger partial charge on any atom is -0.322 e. The fraction of sp³-hybridized carbons (Fsp3) is 0.211. The lowest BCUT2D eigenvalue weighted by molar-refractivity contribution is 0.102. The Morgan fingerprint density at radius 1 is 1.07 bits per heavy atom. The van der Waals surface area contributed by atoms with Crippen molar-refractivity contribution in [2.45, 2.75) is 17.6 Å². The summed E-state index contributed by atoms with van der Waals surface area (Å²) in [6.07, 6.45) is 1.45. The predicted octanol–water partition coefficient (Wildman–Crippen LogP) is 1.76. The molecule has 0 bridgehead atoms. The first-order valence-electron chi connectivity index (χ1n) is 8.60. The van der Waals surface area contributed by atoms with E-state index in [0.717, 1.165) is 0 Å². The van der Waals surface area contributed by atoms with E-state index < -0.39 is 26.0 Å². The van der Waals surface area contributed by atoms with Crippen LogP contribution in [0.4, 0.5) is 5.69 Å². The molecule has 1 amide bonds. The van der Waals surface area contributed by atoms with Crippen LogP contribution < -0.4 is 14.8 Å². The second kappa shape index (κ2) is 9.31. The van der Waals surface area contributed by atoms with Crippen molar-refractivity contribution in [1.29, 1.82) is 0 Å². The van der Waals surface area contributed by atoms with Gasteiger partial charge in [0.2, 0.25) is 20.0 Å². The first-order chi connectivity index (χ1) is 13.6. The fourth-order valence-electron chi connectivity index (χ4n) is 2.47. The van der Waals surface area contributed by atoms with Crippen LogP contribution in [0.3, 0.4) is 0 Å². The van der Waals surface area contributed by atoms with Crippen molar-refractivity contribution in [2.75, 3.05) is 18.9 Å². The molecular weight excluding hydrogens is 414 g/mol. The van der Waals surface area contributed by atoms with Crippen LogP contribution in [0.25, 0.3) is 0 Å². The van der Waals surface area contributed by atoms with Gasteiger partial charge in [-0.15, -0.1) is 6.58 Å². The third-order valence-electron chi connectivity index (χ3n) is 4.05.